The van der Waals surface area contributed by atoms with Crippen molar-refractivity contribution in [2.24, 2.45) is 5.92 Å². The van der Waals surface area contributed by atoms with Crippen LogP contribution in [0.4, 0.5) is 0 Å². The van der Waals surface area contributed by atoms with E-state index in [1.165, 1.54) is 32.1 Å². The quantitative estimate of drug-likeness (QED) is 0.879. The molecule has 5 nitrogen and oxygen atoms in total. The van der Waals surface area contributed by atoms with Crippen molar-refractivity contribution in [2.45, 2.75) is 64.0 Å². The molecule has 142 valence electrons. The van der Waals surface area contributed by atoms with Gasteiger partial charge in [-0.3, -0.25) is 9.59 Å². The van der Waals surface area contributed by atoms with Crippen LogP contribution in [0, 0.1) is 5.92 Å². The first-order valence-corrected chi connectivity index (χ1v) is 9.87. The van der Waals surface area contributed by atoms with E-state index in [9.17, 15) is 9.59 Å². The normalized spacial score (nSPS) is 22.0. The lowest BCUT2D eigenvalue weighted by Gasteiger charge is -2.29. The Morgan fingerprint density at radius 1 is 1.19 bits per heavy atom. The average molecular weight is 358 g/mol. The molecule has 3 rings (SSSR count). The zero-order valence-electron chi connectivity index (χ0n) is 15.7. The molecule has 2 fully saturated rings. The summed E-state index contributed by atoms with van der Waals surface area (Å²) in [6.45, 7) is 1.04. The van der Waals surface area contributed by atoms with E-state index < -0.39 is 0 Å². The molecule has 1 aromatic carbocycles. The summed E-state index contributed by atoms with van der Waals surface area (Å²) in [4.78, 5) is 27.0. The molecule has 26 heavy (non-hydrogen) atoms. The molecule has 1 saturated carbocycles. The minimum atomic E-state index is -0.224. The lowest BCUT2D eigenvalue weighted by molar-refractivity contribution is -0.130. The van der Waals surface area contributed by atoms with Crippen molar-refractivity contribution < 1.29 is 14.3 Å². The summed E-state index contributed by atoms with van der Waals surface area (Å²) in [7, 11) is 1.63. The van der Waals surface area contributed by atoms with Crippen LogP contribution in [0.5, 0.6) is 5.75 Å². The highest BCUT2D eigenvalue weighted by atomic mass is 16.5. The van der Waals surface area contributed by atoms with Crippen molar-refractivity contribution in [3.63, 3.8) is 0 Å². The minimum absolute atomic E-state index is 0.0190. The summed E-state index contributed by atoms with van der Waals surface area (Å²) in [6, 6.07) is 8.01. The number of ether oxygens (including phenoxy) is 1. The van der Waals surface area contributed by atoms with E-state index in [1.54, 1.807) is 7.11 Å². The summed E-state index contributed by atoms with van der Waals surface area (Å²) >= 11 is 0. The number of amides is 2. The van der Waals surface area contributed by atoms with Crippen molar-refractivity contribution in [1.82, 2.24) is 10.2 Å². The zero-order valence-corrected chi connectivity index (χ0v) is 15.7. The van der Waals surface area contributed by atoms with Crippen molar-refractivity contribution in [3.8, 4) is 5.75 Å². The Labute approximate surface area is 156 Å². The van der Waals surface area contributed by atoms with E-state index in [4.69, 9.17) is 4.74 Å². The maximum atomic E-state index is 12.5. The van der Waals surface area contributed by atoms with Gasteiger partial charge in [0.2, 0.25) is 11.8 Å². The van der Waals surface area contributed by atoms with Crippen LogP contribution < -0.4 is 10.1 Å². The second-order valence-corrected chi connectivity index (χ2v) is 7.52. The van der Waals surface area contributed by atoms with Crippen LogP contribution >= 0.6 is 0 Å². The van der Waals surface area contributed by atoms with Gasteiger partial charge < -0.3 is 15.0 Å². The number of carbonyl (C=O) groups is 2. The molecule has 0 spiro atoms. The number of nitrogens with zero attached hydrogens (tertiary/aromatic N) is 1. The van der Waals surface area contributed by atoms with Gasteiger partial charge in [0.25, 0.3) is 0 Å². The van der Waals surface area contributed by atoms with E-state index in [1.807, 2.05) is 29.2 Å². The van der Waals surface area contributed by atoms with Crippen LogP contribution in [0.2, 0.25) is 0 Å². The number of hydrogen-bond acceptors (Lipinski definition) is 3. The van der Waals surface area contributed by atoms with E-state index in [-0.39, 0.29) is 17.7 Å². The van der Waals surface area contributed by atoms with Crippen LogP contribution in [0.25, 0.3) is 0 Å². The molecular weight excluding hydrogens is 328 g/mol. The van der Waals surface area contributed by atoms with Gasteiger partial charge in [-0.2, -0.15) is 0 Å². The molecular formula is C21H30N2O3. The number of likely N-dealkylation sites (tertiary alicyclic amines) is 1. The van der Waals surface area contributed by atoms with Crippen LogP contribution in [-0.2, 0) is 16.1 Å². The Kier molecular flexibility index (Phi) is 6.53. The molecule has 1 aromatic rings. The Balaban J connectivity index is 1.52. The van der Waals surface area contributed by atoms with E-state index in [0.29, 0.717) is 25.6 Å². The summed E-state index contributed by atoms with van der Waals surface area (Å²) in [6.07, 6.45) is 8.76. The highest BCUT2D eigenvalue weighted by Crippen LogP contribution is 2.27. The number of rotatable bonds is 5. The number of benzene rings is 1. The van der Waals surface area contributed by atoms with Crippen LogP contribution in [-0.4, -0.2) is 36.4 Å². The Morgan fingerprint density at radius 3 is 2.65 bits per heavy atom. The molecule has 2 aliphatic rings. The van der Waals surface area contributed by atoms with Gasteiger partial charge >= 0.3 is 0 Å². The highest BCUT2D eigenvalue weighted by molar-refractivity contribution is 5.89. The second kappa shape index (κ2) is 9.06. The first-order chi connectivity index (χ1) is 12.7. The fourth-order valence-corrected chi connectivity index (χ4v) is 4.12. The fraction of sp³-hybridized carbons (Fsp3) is 0.619. The summed E-state index contributed by atoms with van der Waals surface area (Å²) < 4.78 is 5.21. The van der Waals surface area contributed by atoms with Gasteiger partial charge in [0, 0.05) is 25.6 Å². The van der Waals surface area contributed by atoms with Crippen LogP contribution in [0.3, 0.4) is 0 Å². The number of methoxy groups -OCH3 is 1. The highest BCUT2D eigenvalue weighted by Gasteiger charge is 2.37. The summed E-state index contributed by atoms with van der Waals surface area (Å²) in [5.74, 6) is 0.688. The Hall–Kier alpha value is -2.04. The maximum Gasteiger partial charge on any atom is 0.225 e. The molecule has 5 heteroatoms. The molecule has 1 heterocycles. The molecule has 1 saturated heterocycles. The van der Waals surface area contributed by atoms with Gasteiger partial charge in [-0.05, 0) is 30.5 Å². The predicted molar refractivity (Wildman–Crippen MR) is 101 cm³/mol. The first-order valence-electron chi connectivity index (χ1n) is 9.87. The van der Waals surface area contributed by atoms with Gasteiger partial charge in [-0.1, -0.05) is 44.2 Å². The Morgan fingerprint density at radius 2 is 1.92 bits per heavy atom. The lowest BCUT2D eigenvalue weighted by Crippen LogP contribution is -2.38. The van der Waals surface area contributed by atoms with Crippen molar-refractivity contribution >= 4 is 11.8 Å². The average Bonchev–Trinajstić information content (AvgIpc) is 3.01. The van der Waals surface area contributed by atoms with Gasteiger partial charge in [0.05, 0.1) is 13.0 Å². The molecule has 1 aliphatic carbocycles. The monoisotopic (exact) mass is 358 g/mol. The SMILES string of the molecule is COc1cccc(CNC(=O)[C@@H]2CC(=O)N(C3CCCCCCC3)C2)c1. The first kappa shape index (κ1) is 18.7. The molecule has 2 amide bonds. The number of nitrogens with one attached hydrogen (secondary N) is 1. The molecule has 1 atom stereocenters. The molecule has 1 N–H and O–H groups in total. The van der Waals surface area contributed by atoms with E-state index in [2.05, 4.69) is 5.32 Å². The summed E-state index contributed by atoms with van der Waals surface area (Å²) in [5, 5.41) is 2.99. The molecule has 0 radical (unpaired) electrons. The predicted octanol–water partition coefficient (Wildman–Crippen LogP) is 3.27. The van der Waals surface area contributed by atoms with Gasteiger partial charge in [-0.25, -0.2) is 0 Å². The van der Waals surface area contributed by atoms with Crippen molar-refractivity contribution in [1.29, 1.82) is 0 Å². The van der Waals surface area contributed by atoms with E-state index >= 15 is 0 Å². The van der Waals surface area contributed by atoms with Crippen LogP contribution in [0.15, 0.2) is 24.3 Å². The minimum Gasteiger partial charge on any atom is -0.497 e. The topological polar surface area (TPSA) is 58.6 Å². The molecule has 0 aromatic heterocycles. The largest absolute Gasteiger partial charge is 0.497 e. The van der Waals surface area contributed by atoms with Crippen molar-refractivity contribution in [3.05, 3.63) is 29.8 Å². The van der Waals surface area contributed by atoms with Crippen LogP contribution in [0.1, 0.15) is 56.9 Å². The molecule has 1 aliphatic heterocycles. The second-order valence-electron chi connectivity index (χ2n) is 7.52. The smallest absolute Gasteiger partial charge is 0.225 e. The van der Waals surface area contributed by atoms with Gasteiger partial charge in [0.15, 0.2) is 0 Å². The number of hydrogen-bond donors (Lipinski definition) is 1. The van der Waals surface area contributed by atoms with Gasteiger partial charge in [0.1, 0.15) is 5.75 Å². The molecule has 0 unspecified atom stereocenters. The third kappa shape index (κ3) is 4.77. The number of carbonyl (C=O) groups excluding carboxylic acids is 2. The third-order valence-corrected chi connectivity index (χ3v) is 5.65. The van der Waals surface area contributed by atoms with Gasteiger partial charge in [-0.15, -0.1) is 0 Å². The molecule has 0 bridgehead atoms. The zero-order chi connectivity index (χ0) is 18.4. The van der Waals surface area contributed by atoms with E-state index in [0.717, 1.165) is 24.2 Å². The maximum absolute atomic E-state index is 12.5. The summed E-state index contributed by atoms with van der Waals surface area (Å²) in [5.41, 5.74) is 0.999. The fourth-order valence-electron chi connectivity index (χ4n) is 4.12. The Bertz CT molecular complexity index is 623. The van der Waals surface area contributed by atoms with Crippen molar-refractivity contribution in [2.75, 3.05) is 13.7 Å². The lowest BCUT2D eigenvalue weighted by atomic mass is 9.96. The standard InChI is InChI=1S/C21H30N2O3/c1-26-19-11-7-8-16(12-19)14-22-21(25)17-13-20(24)23(15-17)18-9-5-3-2-4-6-10-18/h7-8,11-12,17-18H,2-6,9-10,13-15H2,1H3,(H,22,25)/t17-/m1/s1. The third-order valence-electron chi connectivity index (χ3n) is 5.65.